The number of carbonyl (C=O) groups is 2. The molecular weight excluding hydrogens is 503 g/mol. The molecule has 38 heavy (non-hydrogen) atoms. The van der Waals surface area contributed by atoms with Crippen molar-refractivity contribution in [2.45, 2.75) is 63.8 Å². The molecule has 2 N–H and O–H groups in total. The largest absolute Gasteiger partial charge is 0.476 e. The number of carbonyl (C=O) groups excluding carboxylic acids is 1. The van der Waals surface area contributed by atoms with Gasteiger partial charge in [0.25, 0.3) is 0 Å². The van der Waals surface area contributed by atoms with E-state index in [4.69, 9.17) is 9.47 Å². The number of carboxylic acid groups (broad SMARTS) is 1. The predicted octanol–water partition coefficient (Wildman–Crippen LogP) is 4.82. The Morgan fingerprint density at radius 2 is 1.68 bits per heavy atom. The lowest BCUT2D eigenvalue weighted by Gasteiger charge is -2.32. The zero-order valence-corrected chi connectivity index (χ0v) is 20.5. The van der Waals surface area contributed by atoms with Gasteiger partial charge in [-0.2, -0.15) is 18.3 Å². The number of hydrogen-bond acceptors (Lipinski definition) is 5. The number of nitrogens with zero attached hydrogens (tertiary/aromatic N) is 2. The van der Waals surface area contributed by atoms with Gasteiger partial charge in [-0.25, -0.2) is 9.48 Å². The Labute approximate surface area is 217 Å². The third-order valence-corrected chi connectivity index (χ3v) is 6.28. The highest BCUT2D eigenvalue weighted by atomic mass is 19.4. The van der Waals surface area contributed by atoms with E-state index >= 15 is 0 Å². The van der Waals surface area contributed by atoms with E-state index in [2.05, 4.69) is 10.4 Å². The Kier molecular flexibility index (Phi) is 8.67. The third kappa shape index (κ3) is 7.34. The number of carboxylic acids is 1. The summed E-state index contributed by atoms with van der Waals surface area (Å²) in [6.07, 6.45) is -1.11. The fourth-order valence-electron chi connectivity index (χ4n) is 4.31. The zero-order chi connectivity index (χ0) is 27.1. The molecule has 2 aromatic carbocycles. The summed E-state index contributed by atoms with van der Waals surface area (Å²) in [6, 6.07) is 15.1. The van der Waals surface area contributed by atoms with E-state index in [0.29, 0.717) is 12.2 Å². The van der Waals surface area contributed by atoms with Gasteiger partial charge in [0, 0.05) is 6.07 Å². The van der Waals surface area contributed by atoms with Crippen molar-refractivity contribution in [2.75, 3.05) is 0 Å². The number of aromatic nitrogens is 2. The first-order chi connectivity index (χ1) is 18.2. The molecule has 8 nitrogen and oxygen atoms in total. The van der Waals surface area contributed by atoms with Crippen LogP contribution in [-0.2, 0) is 35.5 Å². The highest BCUT2D eigenvalue weighted by Crippen LogP contribution is 2.29. The highest BCUT2D eigenvalue weighted by molar-refractivity contribution is 5.85. The number of halogens is 3. The van der Waals surface area contributed by atoms with Gasteiger partial charge in [-0.15, -0.1) is 0 Å². The average Bonchev–Trinajstić information content (AvgIpc) is 3.30. The number of benzene rings is 2. The fourth-order valence-corrected chi connectivity index (χ4v) is 4.31. The van der Waals surface area contributed by atoms with Gasteiger partial charge in [-0.05, 0) is 36.1 Å². The van der Waals surface area contributed by atoms with Crippen molar-refractivity contribution < 1.29 is 37.3 Å². The van der Waals surface area contributed by atoms with E-state index in [1.54, 1.807) is 0 Å². The van der Waals surface area contributed by atoms with Crippen molar-refractivity contribution >= 4 is 11.9 Å². The minimum atomic E-state index is -4.45. The molecule has 1 heterocycles. The molecule has 4 rings (SSSR count). The molecule has 3 aromatic rings. The van der Waals surface area contributed by atoms with E-state index < -0.39 is 17.7 Å². The summed E-state index contributed by atoms with van der Waals surface area (Å²) in [5.41, 5.74) is 0.371. The minimum Gasteiger partial charge on any atom is -0.476 e. The maximum atomic E-state index is 12.9. The van der Waals surface area contributed by atoms with Gasteiger partial charge in [0.1, 0.15) is 13.2 Å². The van der Waals surface area contributed by atoms with Crippen LogP contribution in [0.3, 0.4) is 0 Å². The standard InChI is InChI=1S/C27H28F3N3O5/c28-27(29,30)20-12-10-19(11-13-20)17-38-25-14-22(26(35)36)32-33(25)15-24(34)31-21-8-4-5-9-23(21)37-16-18-6-2-1-3-7-18/h1-3,6-7,10-14,21,23H,4-5,8-9,15-17H2,(H,31,34)(H,35,36)/t21-,23-/m0/s1. The molecule has 0 unspecified atom stereocenters. The minimum absolute atomic E-state index is 0.0120. The van der Waals surface area contributed by atoms with Crippen LogP contribution in [0.4, 0.5) is 13.2 Å². The summed E-state index contributed by atoms with van der Waals surface area (Å²) in [4.78, 5) is 24.4. The Balaban J connectivity index is 1.38. The predicted molar refractivity (Wildman–Crippen MR) is 130 cm³/mol. The van der Waals surface area contributed by atoms with Gasteiger partial charge in [0.2, 0.25) is 11.8 Å². The molecule has 202 valence electrons. The van der Waals surface area contributed by atoms with Gasteiger partial charge in [-0.3, -0.25) is 4.79 Å². The maximum Gasteiger partial charge on any atom is 0.416 e. The Hall–Kier alpha value is -3.86. The summed E-state index contributed by atoms with van der Waals surface area (Å²) in [5.74, 6) is -1.67. The van der Waals surface area contributed by atoms with Crippen LogP contribution in [0, 0.1) is 0 Å². The first-order valence-electron chi connectivity index (χ1n) is 12.2. The van der Waals surface area contributed by atoms with Crippen molar-refractivity contribution in [3.8, 4) is 5.88 Å². The van der Waals surface area contributed by atoms with Crippen molar-refractivity contribution in [3.63, 3.8) is 0 Å². The van der Waals surface area contributed by atoms with E-state index in [1.165, 1.54) is 18.2 Å². The fraction of sp³-hybridized carbons (Fsp3) is 0.370. The van der Waals surface area contributed by atoms with E-state index in [1.807, 2.05) is 30.3 Å². The molecule has 1 saturated carbocycles. The van der Waals surface area contributed by atoms with Crippen molar-refractivity contribution in [2.24, 2.45) is 0 Å². The lowest BCUT2D eigenvalue weighted by molar-refractivity contribution is -0.137. The molecule has 0 aliphatic heterocycles. The van der Waals surface area contributed by atoms with Gasteiger partial charge in [-0.1, -0.05) is 55.3 Å². The second-order valence-electron chi connectivity index (χ2n) is 9.11. The van der Waals surface area contributed by atoms with Gasteiger partial charge >= 0.3 is 12.1 Å². The number of ether oxygens (including phenoxy) is 2. The first-order valence-corrected chi connectivity index (χ1v) is 12.2. The van der Waals surface area contributed by atoms with E-state index in [-0.39, 0.29) is 42.8 Å². The molecule has 2 atom stereocenters. The SMILES string of the molecule is O=C(Cn1nc(C(=O)O)cc1OCc1ccc(C(F)(F)F)cc1)N[C@H]1CCCC[C@@H]1OCc1ccccc1. The zero-order valence-electron chi connectivity index (χ0n) is 20.5. The maximum absolute atomic E-state index is 12.9. The number of rotatable bonds is 10. The molecule has 11 heteroatoms. The summed E-state index contributed by atoms with van der Waals surface area (Å²) in [5, 5.41) is 16.3. The van der Waals surface area contributed by atoms with Gasteiger partial charge in [0.15, 0.2) is 5.69 Å². The Morgan fingerprint density at radius 1 is 1.00 bits per heavy atom. The van der Waals surface area contributed by atoms with Crippen LogP contribution in [0.5, 0.6) is 5.88 Å². The van der Waals surface area contributed by atoms with Crippen LogP contribution in [0.25, 0.3) is 0 Å². The Morgan fingerprint density at radius 3 is 2.37 bits per heavy atom. The van der Waals surface area contributed by atoms with Crippen LogP contribution in [0.1, 0.15) is 52.9 Å². The van der Waals surface area contributed by atoms with E-state index in [0.717, 1.165) is 48.1 Å². The third-order valence-electron chi connectivity index (χ3n) is 6.28. The van der Waals surface area contributed by atoms with Crippen LogP contribution in [-0.4, -0.2) is 38.9 Å². The molecule has 1 fully saturated rings. The molecule has 0 bridgehead atoms. The van der Waals surface area contributed by atoms with Crippen LogP contribution >= 0.6 is 0 Å². The van der Waals surface area contributed by atoms with Crippen LogP contribution in [0.15, 0.2) is 60.7 Å². The lowest BCUT2D eigenvalue weighted by Crippen LogP contribution is -2.47. The molecule has 1 aromatic heterocycles. The highest BCUT2D eigenvalue weighted by Gasteiger charge is 2.30. The van der Waals surface area contributed by atoms with Crippen LogP contribution in [0.2, 0.25) is 0 Å². The summed E-state index contributed by atoms with van der Waals surface area (Å²) in [7, 11) is 0. The molecule has 1 amide bonds. The smallest absolute Gasteiger partial charge is 0.416 e. The van der Waals surface area contributed by atoms with Crippen molar-refractivity contribution in [1.82, 2.24) is 15.1 Å². The molecule has 0 spiro atoms. The molecule has 1 aliphatic rings. The number of nitrogens with one attached hydrogen (secondary N) is 1. The van der Waals surface area contributed by atoms with Crippen molar-refractivity contribution in [3.05, 3.63) is 83.0 Å². The number of alkyl halides is 3. The summed E-state index contributed by atoms with van der Waals surface area (Å²) < 4.78 is 51.2. The van der Waals surface area contributed by atoms with Crippen LogP contribution < -0.4 is 10.1 Å². The van der Waals surface area contributed by atoms with Gasteiger partial charge < -0.3 is 19.9 Å². The monoisotopic (exact) mass is 531 g/mol. The summed E-state index contributed by atoms with van der Waals surface area (Å²) in [6.45, 7) is 0.000999. The number of hydrogen-bond donors (Lipinski definition) is 2. The molecular formula is C27H28F3N3O5. The topological polar surface area (TPSA) is 103 Å². The molecule has 0 radical (unpaired) electrons. The van der Waals surface area contributed by atoms with E-state index in [9.17, 15) is 27.9 Å². The van der Waals surface area contributed by atoms with Gasteiger partial charge in [0.05, 0.1) is 24.3 Å². The number of amides is 1. The first kappa shape index (κ1) is 27.2. The van der Waals surface area contributed by atoms with Crippen molar-refractivity contribution in [1.29, 1.82) is 0 Å². The summed E-state index contributed by atoms with van der Waals surface area (Å²) >= 11 is 0. The quantitative estimate of drug-likeness (QED) is 0.389. The Bertz CT molecular complexity index is 1230. The second-order valence-corrected chi connectivity index (χ2v) is 9.11. The molecule has 1 aliphatic carbocycles. The molecule has 0 saturated heterocycles. The average molecular weight is 532 g/mol. The lowest BCUT2D eigenvalue weighted by atomic mass is 9.92. The normalized spacial score (nSPS) is 17.7. The second kappa shape index (κ2) is 12.1. The number of aromatic carboxylic acids is 1.